The fourth-order valence-corrected chi connectivity index (χ4v) is 3.76. The van der Waals surface area contributed by atoms with Gasteiger partial charge in [-0.05, 0) is 25.0 Å². The summed E-state index contributed by atoms with van der Waals surface area (Å²) in [6.07, 6.45) is 1.31. The van der Waals surface area contributed by atoms with Crippen LogP contribution in [0.4, 0.5) is 0 Å². The predicted octanol–water partition coefficient (Wildman–Crippen LogP) is 3.33. The molecule has 0 N–H and O–H groups in total. The predicted molar refractivity (Wildman–Crippen MR) is 75.1 cm³/mol. The fraction of sp³-hybridized carbons (Fsp3) is 0.500. The van der Waals surface area contributed by atoms with E-state index in [1.165, 1.54) is 0 Å². The lowest BCUT2D eigenvalue weighted by molar-refractivity contribution is 0.194. The first kappa shape index (κ1) is 15.8. The molecule has 0 aliphatic heterocycles. The van der Waals surface area contributed by atoms with Gasteiger partial charge in [-0.1, -0.05) is 29.3 Å². The zero-order chi connectivity index (χ0) is 13.6. The Morgan fingerprint density at radius 2 is 1.78 bits per heavy atom. The van der Waals surface area contributed by atoms with Gasteiger partial charge in [-0.15, -0.1) is 0 Å². The van der Waals surface area contributed by atoms with E-state index in [0.717, 1.165) is 6.42 Å². The lowest BCUT2D eigenvalue weighted by Crippen LogP contribution is -2.10. The first-order chi connectivity index (χ1) is 8.46. The van der Waals surface area contributed by atoms with Gasteiger partial charge in [0.25, 0.3) is 0 Å². The molecule has 0 radical (unpaired) electrons. The van der Waals surface area contributed by atoms with Crippen molar-refractivity contribution >= 4 is 33.0 Å². The molecule has 0 fully saturated rings. The van der Waals surface area contributed by atoms with Gasteiger partial charge >= 0.3 is 0 Å². The maximum Gasteiger partial charge on any atom is 0.154 e. The van der Waals surface area contributed by atoms with Gasteiger partial charge in [-0.3, -0.25) is 0 Å². The van der Waals surface area contributed by atoms with Gasteiger partial charge in [-0.25, -0.2) is 8.42 Å². The van der Waals surface area contributed by atoms with E-state index in [9.17, 15) is 8.42 Å². The molecular formula is C12H16Cl2O3S. The highest BCUT2D eigenvalue weighted by Crippen LogP contribution is 2.26. The number of hydrogen-bond acceptors (Lipinski definition) is 3. The number of halogens is 2. The molecule has 0 bridgehead atoms. The second-order valence-electron chi connectivity index (χ2n) is 3.99. The maximum absolute atomic E-state index is 11.9. The van der Waals surface area contributed by atoms with Crippen LogP contribution in [0, 0.1) is 0 Å². The van der Waals surface area contributed by atoms with Gasteiger partial charge in [-0.2, -0.15) is 0 Å². The van der Waals surface area contributed by atoms with Gasteiger partial charge < -0.3 is 4.74 Å². The number of methoxy groups -OCH3 is 1. The fourth-order valence-electron chi connectivity index (χ4n) is 1.53. The smallest absolute Gasteiger partial charge is 0.154 e. The Balaban J connectivity index is 2.65. The molecule has 0 aliphatic rings. The number of hydrogen-bond donors (Lipinski definition) is 0. The van der Waals surface area contributed by atoms with E-state index in [2.05, 4.69) is 0 Å². The summed E-state index contributed by atoms with van der Waals surface area (Å²) in [7, 11) is -1.59. The van der Waals surface area contributed by atoms with Crippen LogP contribution in [0.5, 0.6) is 0 Å². The van der Waals surface area contributed by atoms with Crippen molar-refractivity contribution in [2.24, 2.45) is 0 Å². The molecule has 102 valence electrons. The van der Waals surface area contributed by atoms with Crippen LogP contribution in [0.2, 0.25) is 10.0 Å². The summed E-state index contributed by atoms with van der Waals surface area (Å²) in [6.45, 7) is 0.572. The van der Waals surface area contributed by atoms with E-state index in [1.54, 1.807) is 25.3 Å². The van der Waals surface area contributed by atoms with Crippen molar-refractivity contribution in [1.82, 2.24) is 0 Å². The highest BCUT2D eigenvalue weighted by Gasteiger charge is 2.16. The number of benzene rings is 1. The number of ether oxygens (including phenoxy) is 1. The Morgan fingerprint density at radius 1 is 1.17 bits per heavy atom. The first-order valence-corrected chi connectivity index (χ1v) is 8.16. The van der Waals surface area contributed by atoms with Crippen LogP contribution in [-0.2, 0) is 20.3 Å². The highest BCUT2D eigenvalue weighted by molar-refractivity contribution is 7.90. The first-order valence-electron chi connectivity index (χ1n) is 5.58. The Bertz CT molecular complexity index is 466. The van der Waals surface area contributed by atoms with Crippen LogP contribution in [0.3, 0.4) is 0 Å². The minimum atomic E-state index is -3.18. The molecule has 0 atom stereocenters. The lowest BCUT2D eigenvalue weighted by atomic mass is 10.2. The Hall–Kier alpha value is -0.290. The van der Waals surface area contributed by atoms with E-state index < -0.39 is 9.84 Å². The third-order valence-electron chi connectivity index (χ3n) is 2.48. The Kier molecular flexibility index (Phi) is 6.43. The minimum Gasteiger partial charge on any atom is -0.385 e. The summed E-state index contributed by atoms with van der Waals surface area (Å²) in [4.78, 5) is 0. The SMILES string of the molecule is COCCCCS(=O)(=O)Cc1c(Cl)cccc1Cl. The van der Waals surface area contributed by atoms with Crippen LogP contribution in [0.1, 0.15) is 18.4 Å². The molecule has 0 heterocycles. The number of rotatable bonds is 7. The molecule has 1 aromatic carbocycles. The summed E-state index contributed by atoms with van der Waals surface area (Å²) in [5.74, 6) is 0.0103. The lowest BCUT2D eigenvalue weighted by Gasteiger charge is -2.08. The molecule has 0 amide bonds. The van der Waals surface area contributed by atoms with Gasteiger partial charge in [0, 0.05) is 29.3 Å². The Morgan fingerprint density at radius 3 is 2.33 bits per heavy atom. The zero-order valence-electron chi connectivity index (χ0n) is 10.2. The quantitative estimate of drug-likeness (QED) is 0.725. The third-order valence-corrected chi connectivity index (χ3v) is 4.83. The van der Waals surface area contributed by atoms with Crippen LogP contribution in [-0.4, -0.2) is 27.9 Å². The van der Waals surface area contributed by atoms with Gasteiger partial charge in [0.2, 0.25) is 0 Å². The molecule has 3 nitrogen and oxygen atoms in total. The molecule has 0 saturated heterocycles. The van der Waals surface area contributed by atoms with E-state index in [0.29, 0.717) is 28.6 Å². The van der Waals surface area contributed by atoms with E-state index in [1.807, 2.05) is 0 Å². The largest absolute Gasteiger partial charge is 0.385 e. The third kappa shape index (κ3) is 5.14. The maximum atomic E-state index is 11.9. The van der Waals surface area contributed by atoms with Crippen LogP contribution >= 0.6 is 23.2 Å². The number of unbranched alkanes of at least 4 members (excludes halogenated alkanes) is 1. The normalized spacial score (nSPS) is 11.7. The molecule has 0 aliphatic carbocycles. The standard InChI is InChI=1S/C12H16Cl2O3S/c1-17-7-2-3-8-18(15,16)9-10-11(13)5-4-6-12(10)14/h4-6H,2-3,7-9H2,1H3. The number of sulfone groups is 1. The summed E-state index contributed by atoms with van der Waals surface area (Å²) in [6, 6.07) is 4.98. The molecular weight excluding hydrogens is 295 g/mol. The second kappa shape index (κ2) is 7.34. The van der Waals surface area contributed by atoms with Crippen molar-refractivity contribution in [2.75, 3.05) is 19.5 Å². The van der Waals surface area contributed by atoms with Crippen molar-refractivity contribution in [3.63, 3.8) is 0 Å². The minimum absolute atomic E-state index is 0.113. The van der Waals surface area contributed by atoms with Crippen LogP contribution in [0.25, 0.3) is 0 Å². The van der Waals surface area contributed by atoms with Crippen molar-refractivity contribution < 1.29 is 13.2 Å². The van der Waals surface area contributed by atoms with Crippen molar-refractivity contribution in [2.45, 2.75) is 18.6 Å². The average molecular weight is 311 g/mol. The molecule has 18 heavy (non-hydrogen) atoms. The topological polar surface area (TPSA) is 43.4 Å². The summed E-state index contributed by atoms with van der Waals surface area (Å²) in [5, 5.41) is 0.783. The summed E-state index contributed by atoms with van der Waals surface area (Å²) >= 11 is 11.9. The van der Waals surface area contributed by atoms with Crippen molar-refractivity contribution in [3.05, 3.63) is 33.8 Å². The van der Waals surface area contributed by atoms with Crippen molar-refractivity contribution in [1.29, 1.82) is 0 Å². The van der Waals surface area contributed by atoms with Crippen LogP contribution in [0.15, 0.2) is 18.2 Å². The Labute approximate surface area is 118 Å². The van der Waals surface area contributed by atoms with Crippen molar-refractivity contribution in [3.8, 4) is 0 Å². The summed E-state index contributed by atoms with van der Waals surface area (Å²) in [5.41, 5.74) is 0.479. The zero-order valence-corrected chi connectivity index (χ0v) is 12.5. The van der Waals surface area contributed by atoms with E-state index in [-0.39, 0.29) is 11.5 Å². The molecule has 0 unspecified atom stereocenters. The molecule has 0 saturated carbocycles. The van der Waals surface area contributed by atoms with Gasteiger partial charge in [0.15, 0.2) is 9.84 Å². The molecule has 1 aromatic rings. The van der Waals surface area contributed by atoms with E-state index in [4.69, 9.17) is 27.9 Å². The van der Waals surface area contributed by atoms with Gasteiger partial charge in [0.05, 0.1) is 11.5 Å². The van der Waals surface area contributed by atoms with E-state index >= 15 is 0 Å². The van der Waals surface area contributed by atoms with Gasteiger partial charge in [0.1, 0.15) is 0 Å². The highest BCUT2D eigenvalue weighted by atomic mass is 35.5. The average Bonchev–Trinajstić information content (AvgIpc) is 2.30. The monoisotopic (exact) mass is 310 g/mol. The molecule has 1 rings (SSSR count). The molecule has 0 spiro atoms. The molecule has 0 aromatic heterocycles. The second-order valence-corrected chi connectivity index (χ2v) is 6.99. The molecule has 6 heteroatoms. The summed E-state index contributed by atoms with van der Waals surface area (Å²) < 4.78 is 28.7. The van der Waals surface area contributed by atoms with Crippen LogP contribution < -0.4 is 0 Å².